The Bertz CT molecular complexity index is 432. The maximum Gasteiger partial charge on any atom is 0.254 e. The number of carbonyl (C=O) groups excluding carboxylic acids is 2. The lowest BCUT2D eigenvalue weighted by molar-refractivity contribution is -0.133. The zero-order chi connectivity index (χ0) is 14.4. The third-order valence-corrected chi connectivity index (χ3v) is 2.73. The van der Waals surface area contributed by atoms with E-state index >= 15 is 0 Å². The van der Waals surface area contributed by atoms with Crippen LogP contribution in [0.2, 0.25) is 0 Å². The quantitative estimate of drug-likeness (QED) is 0.707. The largest absolute Gasteiger partial charge is 0.378 e. The average Bonchev–Trinajstić information content (AvgIpc) is 2.37. The molecule has 0 saturated carbocycles. The maximum atomic E-state index is 11.9. The van der Waals surface area contributed by atoms with E-state index in [4.69, 9.17) is 5.73 Å². The highest BCUT2D eigenvalue weighted by Gasteiger charge is 2.24. The maximum absolute atomic E-state index is 11.9. The standard InChI is InChI=1S/C14H20N2O3/c1-9(2)8-11(13(15)18)16-14(19)12(17)10-6-4-3-5-7-10/h3-7,9,11-12,17H,8H2,1-2H3,(H2,15,18)(H,16,19)/t11-,12+/m1/s1. The highest BCUT2D eigenvalue weighted by atomic mass is 16.3. The summed E-state index contributed by atoms with van der Waals surface area (Å²) in [4.78, 5) is 23.1. The van der Waals surface area contributed by atoms with E-state index < -0.39 is 24.0 Å². The zero-order valence-electron chi connectivity index (χ0n) is 11.2. The van der Waals surface area contributed by atoms with Crippen LogP contribution in [0.25, 0.3) is 0 Å². The summed E-state index contributed by atoms with van der Waals surface area (Å²) in [6.45, 7) is 3.85. The molecule has 2 amide bonds. The number of nitrogens with two attached hydrogens (primary N) is 1. The first-order valence-electron chi connectivity index (χ1n) is 6.24. The minimum Gasteiger partial charge on any atom is -0.378 e. The average molecular weight is 264 g/mol. The van der Waals surface area contributed by atoms with Crippen LogP contribution in [0, 0.1) is 5.92 Å². The van der Waals surface area contributed by atoms with E-state index in [1.165, 1.54) is 0 Å². The molecule has 1 aromatic carbocycles. The summed E-state index contributed by atoms with van der Waals surface area (Å²) in [5.41, 5.74) is 5.72. The highest BCUT2D eigenvalue weighted by Crippen LogP contribution is 2.13. The van der Waals surface area contributed by atoms with E-state index in [1.807, 2.05) is 13.8 Å². The van der Waals surface area contributed by atoms with E-state index in [9.17, 15) is 14.7 Å². The van der Waals surface area contributed by atoms with Crippen molar-refractivity contribution in [2.24, 2.45) is 11.7 Å². The molecule has 1 rings (SSSR count). The van der Waals surface area contributed by atoms with Gasteiger partial charge in [-0.2, -0.15) is 0 Å². The number of carbonyl (C=O) groups is 2. The Balaban J connectivity index is 2.69. The van der Waals surface area contributed by atoms with Gasteiger partial charge < -0.3 is 16.2 Å². The second-order valence-corrected chi connectivity index (χ2v) is 4.91. The smallest absolute Gasteiger partial charge is 0.254 e. The molecule has 5 heteroatoms. The summed E-state index contributed by atoms with van der Waals surface area (Å²) in [5, 5.41) is 12.4. The lowest BCUT2D eigenvalue weighted by Crippen LogP contribution is -2.46. The Labute approximate surface area is 112 Å². The molecular weight excluding hydrogens is 244 g/mol. The van der Waals surface area contributed by atoms with Gasteiger partial charge in [0.25, 0.3) is 5.91 Å². The number of amides is 2. The number of aliphatic hydroxyl groups is 1. The Morgan fingerprint density at radius 3 is 2.32 bits per heavy atom. The summed E-state index contributed by atoms with van der Waals surface area (Å²) < 4.78 is 0. The number of rotatable bonds is 6. The zero-order valence-corrected chi connectivity index (χ0v) is 11.2. The molecule has 0 radical (unpaired) electrons. The fourth-order valence-corrected chi connectivity index (χ4v) is 1.75. The lowest BCUT2D eigenvalue weighted by Gasteiger charge is -2.19. The number of hydrogen-bond acceptors (Lipinski definition) is 3. The van der Waals surface area contributed by atoms with Gasteiger partial charge in [-0.25, -0.2) is 0 Å². The molecule has 4 N–H and O–H groups in total. The second-order valence-electron chi connectivity index (χ2n) is 4.91. The van der Waals surface area contributed by atoms with Gasteiger partial charge in [0.15, 0.2) is 6.10 Å². The minimum absolute atomic E-state index is 0.215. The Hall–Kier alpha value is -1.88. The Kier molecular flexibility index (Phi) is 5.51. The van der Waals surface area contributed by atoms with Gasteiger partial charge in [0.2, 0.25) is 5.91 Å². The summed E-state index contributed by atoms with van der Waals surface area (Å²) in [6, 6.07) is 7.78. The molecular formula is C14H20N2O3. The number of primary amides is 1. The Morgan fingerprint density at radius 2 is 1.84 bits per heavy atom. The van der Waals surface area contributed by atoms with E-state index in [1.54, 1.807) is 30.3 Å². The molecule has 2 atom stereocenters. The fraction of sp³-hybridized carbons (Fsp3) is 0.429. The predicted octanol–water partition coefficient (Wildman–Crippen LogP) is 0.736. The molecule has 104 valence electrons. The van der Waals surface area contributed by atoms with Crippen molar-refractivity contribution in [2.75, 3.05) is 0 Å². The van der Waals surface area contributed by atoms with Crippen molar-refractivity contribution in [1.29, 1.82) is 0 Å². The van der Waals surface area contributed by atoms with Crippen molar-refractivity contribution in [3.63, 3.8) is 0 Å². The van der Waals surface area contributed by atoms with Crippen molar-refractivity contribution >= 4 is 11.8 Å². The van der Waals surface area contributed by atoms with Crippen LogP contribution in [-0.4, -0.2) is 23.0 Å². The lowest BCUT2D eigenvalue weighted by atomic mass is 10.0. The first kappa shape index (κ1) is 15.2. The van der Waals surface area contributed by atoms with Gasteiger partial charge in [0, 0.05) is 0 Å². The molecule has 0 aliphatic heterocycles. The van der Waals surface area contributed by atoms with Crippen LogP contribution in [0.1, 0.15) is 31.9 Å². The van der Waals surface area contributed by atoms with Gasteiger partial charge in [-0.3, -0.25) is 9.59 Å². The molecule has 0 heterocycles. The molecule has 0 spiro atoms. The predicted molar refractivity (Wildman–Crippen MR) is 72.0 cm³/mol. The summed E-state index contributed by atoms with van der Waals surface area (Å²) in [7, 11) is 0. The van der Waals surface area contributed by atoms with Crippen LogP contribution in [0.4, 0.5) is 0 Å². The van der Waals surface area contributed by atoms with Crippen LogP contribution >= 0.6 is 0 Å². The van der Waals surface area contributed by atoms with Crippen LogP contribution in [0.3, 0.4) is 0 Å². The van der Waals surface area contributed by atoms with Gasteiger partial charge >= 0.3 is 0 Å². The molecule has 0 bridgehead atoms. The topological polar surface area (TPSA) is 92.4 Å². The molecule has 0 unspecified atom stereocenters. The monoisotopic (exact) mass is 264 g/mol. The number of aliphatic hydroxyl groups excluding tert-OH is 1. The highest BCUT2D eigenvalue weighted by molar-refractivity contribution is 5.88. The summed E-state index contributed by atoms with van der Waals surface area (Å²) >= 11 is 0. The van der Waals surface area contributed by atoms with Crippen LogP contribution in [0.15, 0.2) is 30.3 Å². The van der Waals surface area contributed by atoms with E-state index in [2.05, 4.69) is 5.32 Å². The normalized spacial score (nSPS) is 13.9. The van der Waals surface area contributed by atoms with Crippen molar-refractivity contribution in [2.45, 2.75) is 32.4 Å². The molecule has 0 aliphatic rings. The second kappa shape index (κ2) is 6.89. The Morgan fingerprint density at radius 1 is 1.26 bits per heavy atom. The number of benzene rings is 1. The van der Waals surface area contributed by atoms with Gasteiger partial charge in [-0.15, -0.1) is 0 Å². The van der Waals surface area contributed by atoms with Crippen molar-refractivity contribution in [3.05, 3.63) is 35.9 Å². The molecule has 0 aliphatic carbocycles. The van der Waals surface area contributed by atoms with Gasteiger partial charge in [-0.1, -0.05) is 44.2 Å². The molecule has 1 aromatic rings. The van der Waals surface area contributed by atoms with Crippen molar-refractivity contribution in [1.82, 2.24) is 5.32 Å². The van der Waals surface area contributed by atoms with E-state index in [0.717, 1.165) is 0 Å². The fourth-order valence-electron chi connectivity index (χ4n) is 1.75. The van der Waals surface area contributed by atoms with Crippen molar-refractivity contribution in [3.8, 4) is 0 Å². The molecule has 0 aromatic heterocycles. The number of nitrogens with one attached hydrogen (secondary N) is 1. The minimum atomic E-state index is -1.30. The SMILES string of the molecule is CC(C)C[C@@H](NC(=O)[C@@H](O)c1ccccc1)C(N)=O. The number of hydrogen-bond donors (Lipinski definition) is 3. The summed E-state index contributed by atoms with van der Waals surface area (Å²) in [5.74, 6) is -0.996. The third kappa shape index (κ3) is 4.71. The van der Waals surface area contributed by atoms with Gasteiger partial charge in [0.05, 0.1) is 0 Å². The first-order valence-corrected chi connectivity index (χ1v) is 6.24. The third-order valence-electron chi connectivity index (χ3n) is 2.73. The summed E-state index contributed by atoms with van der Waals surface area (Å²) in [6.07, 6.45) is -0.849. The molecule has 19 heavy (non-hydrogen) atoms. The molecule has 0 saturated heterocycles. The van der Waals surface area contributed by atoms with Gasteiger partial charge in [0.1, 0.15) is 6.04 Å². The van der Waals surface area contributed by atoms with Gasteiger partial charge in [-0.05, 0) is 17.9 Å². The molecule has 0 fully saturated rings. The first-order chi connectivity index (χ1) is 8.91. The van der Waals surface area contributed by atoms with E-state index in [-0.39, 0.29) is 5.92 Å². The van der Waals surface area contributed by atoms with Crippen molar-refractivity contribution < 1.29 is 14.7 Å². The van der Waals surface area contributed by atoms with Crippen LogP contribution < -0.4 is 11.1 Å². The van der Waals surface area contributed by atoms with Crippen LogP contribution in [0.5, 0.6) is 0 Å². The van der Waals surface area contributed by atoms with Crippen LogP contribution in [-0.2, 0) is 9.59 Å². The molecule has 5 nitrogen and oxygen atoms in total. The van der Waals surface area contributed by atoms with E-state index in [0.29, 0.717) is 12.0 Å².